The smallest absolute Gasteiger partial charge is 0.232 e. The molecule has 1 unspecified atom stereocenters. The van der Waals surface area contributed by atoms with Gasteiger partial charge in [0.1, 0.15) is 5.82 Å². The maximum atomic E-state index is 6.31. The number of hydrogen-bond donors (Lipinski definition) is 2. The summed E-state index contributed by atoms with van der Waals surface area (Å²) in [6.07, 6.45) is 1.62. The number of halogens is 2. The number of benzene rings is 1. The number of pyridine rings is 1. The van der Waals surface area contributed by atoms with Gasteiger partial charge in [-0.2, -0.15) is 15.0 Å². The molecule has 0 radical (unpaired) electrons. The van der Waals surface area contributed by atoms with Crippen molar-refractivity contribution in [1.82, 2.24) is 24.8 Å². The van der Waals surface area contributed by atoms with Crippen LogP contribution >= 0.6 is 23.2 Å². The number of anilines is 4. The molecule has 3 N–H and O–H groups in total. The number of nitrogens with zero attached hydrogens (tertiary/aromatic N) is 6. The summed E-state index contributed by atoms with van der Waals surface area (Å²) in [7, 11) is 0. The fourth-order valence-electron chi connectivity index (χ4n) is 3.43. The van der Waals surface area contributed by atoms with Gasteiger partial charge in [-0.05, 0) is 25.1 Å². The van der Waals surface area contributed by atoms with Crippen LogP contribution < -0.4 is 16.0 Å². The molecule has 0 amide bonds. The van der Waals surface area contributed by atoms with E-state index in [-0.39, 0.29) is 12.0 Å². The predicted molar refractivity (Wildman–Crippen MR) is 120 cm³/mol. The van der Waals surface area contributed by atoms with Crippen LogP contribution in [-0.2, 0) is 0 Å². The highest BCUT2D eigenvalue weighted by atomic mass is 35.5. The SMILES string of the molecule is CC(c1nc(N)nc(Nc2ccccc2)n1)N1CCN(c2ncc(Cl)cc2Cl)CC1. The summed E-state index contributed by atoms with van der Waals surface area (Å²) in [4.78, 5) is 22.0. The molecule has 156 valence electrons. The van der Waals surface area contributed by atoms with Gasteiger partial charge in [-0.3, -0.25) is 4.90 Å². The summed E-state index contributed by atoms with van der Waals surface area (Å²) in [5, 5.41) is 4.27. The van der Waals surface area contributed by atoms with E-state index in [1.54, 1.807) is 12.3 Å². The highest BCUT2D eigenvalue weighted by Crippen LogP contribution is 2.28. The van der Waals surface area contributed by atoms with Crippen molar-refractivity contribution in [3.05, 3.63) is 58.5 Å². The summed E-state index contributed by atoms with van der Waals surface area (Å²) >= 11 is 12.3. The van der Waals surface area contributed by atoms with Crippen LogP contribution in [0.2, 0.25) is 10.0 Å². The van der Waals surface area contributed by atoms with Gasteiger partial charge in [0.15, 0.2) is 5.82 Å². The topological polar surface area (TPSA) is 96.1 Å². The fourth-order valence-corrected chi connectivity index (χ4v) is 3.93. The Labute approximate surface area is 185 Å². The molecule has 3 heterocycles. The molecule has 30 heavy (non-hydrogen) atoms. The lowest BCUT2D eigenvalue weighted by molar-refractivity contribution is 0.191. The first-order chi connectivity index (χ1) is 14.5. The average Bonchev–Trinajstić information content (AvgIpc) is 2.74. The van der Waals surface area contributed by atoms with Gasteiger partial charge < -0.3 is 16.0 Å². The number of rotatable bonds is 5. The van der Waals surface area contributed by atoms with Gasteiger partial charge in [0, 0.05) is 38.1 Å². The lowest BCUT2D eigenvalue weighted by Crippen LogP contribution is -2.47. The minimum atomic E-state index is -0.0116. The van der Waals surface area contributed by atoms with Gasteiger partial charge >= 0.3 is 0 Å². The van der Waals surface area contributed by atoms with E-state index in [9.17, 15) is 0 Å². The number of nitrogens with one attached hydrogen (secondary N) is 1. The number of nitrogens with two attached hydrogens (primary N) is 1. The maximum absolute atomic E-state index is 6.31. The van der Waals surface area contributed by atoms with Crippen LogP contribution in [0.25, 0.3) is 0 Å². The van der Waals surface area contributed by atoms with Crippen LogP contribution in [0.3, 0.4) is 0 Å². The second kappa shape index (κ2) is 8.99. The summed E-state index contributed by atoms with van der Waals surface area (Å²) in [6.45, 7) is 5.27. The van der Waals surface area contributed by atoms with Crippen LogP contribution in [0.1, 0.15) is 18.8 Å². The molecule has 3 aromatic rings. The quantitative estimate of drug-likeness (QED) is 0.613. The van der Waals surface area contributed by atoms with E-state index in [1.807, 2.05) is 30.3 Å². The third-order valence-corrected chi connectivity index (χ3v) is 5.51. The van der Waals surface area contributed by atoms with E-state index >= 15 is 0 Å². The van der Waals surface area contributed by atoms with E-state index in [0.717, 1.165) is 37.7 Å². The van der Waals surface area contributed by atoms with Crippen molar-refractivity contribution in [2.75, 3.05) is 42.1 Å². The van der Waals surface area contributed by atoms with E-state index in [4.69, 9.17) is 28.9 Å². The van der Waals surface area contributed by atoms with Gasteiger partial charge in [-0.15, -0.1) is 0 Å². The number of piperazine rings is 1. The standard InChI is InChI=1S/C20H22Cl2N8/c1-13(17-26-19(23)28-20(27-17)25-15-5-3-2-4-6-15)29-7-9-30(10-8-29)18-16(22)11-14(21)12-24-18/h2-6,11-13H,7-10H2,1H3,(H3,23,25,26,27,28). The Bertz CT molecular complexity index is 1010. The largest absolute Gasteiger partial charge is 0.368 e. The Morgan fingerprint density at radius 1 is 1.03 bits per heavy atom. The van der Waals surface area contributed by atoms with Crippen molar-refractivity contribution in [3.8, 4) is 0 Å². The molecule has 0 spiro atoms. The summed E-state index contributed by atoms with van der Waals surface area (Å²) in [5.41, 5.74) is 6.84. The Hall–Kier alpha value is -2.68. The third-order valence-electron chi connectivity index (χ3n) is 5.02. The minimum Gasteiger partial charge on any atom is -0.368 e. The molecule has 0 aliphatic carbocycles. The van der Waals surface area contributed by atoms with E-state index in [0.29, 0.717) is 21.8 Å². The van der Waals surface area contributed by atoms with Crippen molar-refractivity contribution in [2.45, 2.75) is 13.0 Å². The molecule has 1 saturated heterocycles. The molecular formula is C20H22Cl2N8. The maximum Gasteiger partial charge on any atom is 0.232 e. The first-order valence-electron chi connectivity index (χ1n) is 9.63. The second-order valence-corrected chi connectivity index (χ2v) is 7.87. The van der Waals surface area contributed by atoms with Crippen LogP contribution in [0.15, 0.2) is 42.6 Å². The summed E-state index contributed by atoms with van der Waals surface area (Å²) in [6, 6.07) is 11.4. The predicted octanol–water partition coefficient (Wildman–Crippen LogP) is 3.78. The first-order valence-corrected chi connectivity index (χ1v) is 10.4. The Kier molecular flexibility index (Phi) is 6.17. The molecule has 1 aromatic carbocycles. The molecule has 10 heteroatoms. The van der Waals surface area contributed by atoms with Crippen LogP contribution in [-0.4, -0.2) is 51.0 Å². The molecule has 1 atom stereocenters. The van der Waals surface area contributed by atoms with Gasteiger partial charge in [-0.1, -0.05) is 41.4 Å². The van der Waals surface area contributed by atoms with E-state index in [2.05, 4.69) is 42.0 Å². The van der Waals surface area contributed by atoms with Gasteiger partial charge in [0.2, 0.25) is 11.9 Å². The van der Waals surface area contributed by atoms with Crippen molar-refractivity contribution in [3.63, 3.8) is 0 Å². The second-order valence-electron chi connectivity index (χ2n) is 7.02. The molecular weight excluding hydrogens is 423 g/mol. The van der Waals surface area contributed by atoms with Crippen molar-refractivity contribution in [2.24, 2.45) is 0 Å². The van der Waals surface area contributed by atoms with Crippen LogP contribution in [0.4, 0.5) is 23.4 Å². The zero-order valence-electron chi connectivity index (χ0n) is 16.5. The zero-order valence-corrected chi connectivity index (χ0v) is 18.0. The van der Waals surface area contributed by atoms with Crippen molar-refractivity contribution >= 4 is 46.6 Å². The van der Waals surface area contributed by atoms with Crippen LogP contribution in [0.5, 0.6) is 0 Å². The molecule has 1 fully saturated rings. The zero-order chi connectivity index (χ0) is 21.1. The van der Waals surface area contributed by atoms with Gasteiger partial charge in [0.05, 0.1) is 16.1 Å². The molecule has 8 nitrogen and oxygen atoms in total. The molecule has 4 rings (SSSR count). The van der Waals surface area contributed by atoms with E-state index < -0.39 is 0 Å². The Morgan fingerprint density at radius 2 is 1.77 bits per heavy atom. The lowest BCUT2D eigenvalue weighted by atomic mass is 10.2. The Balaban J connectivity index is 1.44. The highest BCUT2D eigenvalue weighted by molar-refractivity contribution is 6.36. The minimum absolute atomic E-state index is 0.0116. The van der Waals surface area contributed by atoms with Crippen molar-refractivity contribution in [1.29, 1.82) is 0 Å². The third kappa shape index (κ3) is 4.72. The first kappa shape index (κ1) is 20.6. The van der Waals surface area contributed by atoms with Crippen molar-refractivity contribution < 1.29 is 0 Å². The Morgan fingerprint density at radius 3 is 2.47 bits per heavy atom. The molecule has 2 aromatic heterocycles. The molecule has 1 aliphatic heterocycles. The molecule has 0 bridgehead atoms. The number of aromatic nitrogens is 4. The molecule has 0 saturated carbocycles. The van der Waals surface area contributed by atoms with E-state index in [1.165, 1.54) is 0 Å². The number of nitrogen functional groups attached to an aromatic ring is 1. The average molecular weight is 445 g/mol. The fraction of sp³-hybridized carbons (Fsp3) is 0.300. The van der Waals surface area contributed by atoms with Gasteiger partial charge in [-0.25, -0.2) is 4.98 Å². The lowest BCUT2D eigenvalue weighted by Gasteiger charge is -2.38. The highest BCUT2D eigenvalue weighted by Gasteiger charge is 2.26. The summed E-state index contributed by atoms with van der Waals surface area (Å²) < 4.78 is 0. The summed E-state index contributed by atoms with van der Waals surface area (Å²) in [5.74, 6) is 2.02. The number of para-hydroxylation sites is 1. The number of hydrogen-bond acceptors (Lipinski definition) is 8. The van der Waals surface area contributed by atoms with Gasteiger partial charge in [0.25, 0.3) is 0 Å². The molecule has 1 aliphatic rings. The monoisotopic (exact) mass is 444 g/mol. The van der Waals surface area contributed by atoms with Crippen LogP contribution in [0, 0.1) is 0 Å². The normalized spacial score (nSPS) is 15.8.